The molecule has 30 heavy (non-hydrogen) atoms. The van der Waals surface area contributed by atoms with E-state index in [1.165, 1.54) is 30.9 Å². The molecule has 1 aromatic rings. The standard InChI is InChI=1S/C21H26ClO7P/c1-26-21(15-9-10-18(22)19(12-15)27-30(23,24)25)20(28-29-21)14-6-4-8-17(20)16-7-3-2-5-13(16)11-14/h9-10,12,14,17H,2-8,11H2,1H3,(H2,23,24,25). The molecule has 1 spiro atoms. The van der Waals surface area contributed by atoms with Crippen molar-refractivity contribution in [1.82, 2.24) is 0 Å². The van der Waals surface area contributed by atoms with Gasteiger partial charge in [0.05, 0.1) is 5.02 Å². The number of phosphoric acid groups is 1. The van der Waals surface area contributed by atoms with E-state index < -0.39 is 19.2 Å². The third-order valence-electron chi connectivity index (χ3n) is 7.34. The second-order valence-electron chi connectivity index (χ2n) is 8.73. The maximum absolute atomic E-state index is 11.4. The van der Waals surface area contributed by atoms with Crippen LogP contribution in [0.1, 0.15) is 56.9 Å². The molecule has 1 aliphatic heterocycles. The lowest BCUT2D eigenvalue weighted by Crippen LogP contribution is -2.74. The van der Waals surface area contributed by atoms with Gasteiger partial charge in [0.2, 0.25) is 0 Å². The number of hydrogen-bond donors (Lipinski definition) is 2. The number of fused-ring (bicyclic) bond motifs is 1. The zero-order chi connectivity index (χ0) is 21.1. The smallest absolute Gasteiger partial charge is 0.403 e. The van der Waals surface area contributed by atoms with Gasteiger partial charge in [-0.05, 0) is 57.1 Å². The molecule has 4 unspecified atom stereocenters. The quantitative estimate of drug-likeness (QED) is 0.374. The Hall–Kier alpha value is -0.920. The molecular weight excluding hydrogens is 431 g/mol. The van der Waals surface area contributed by atoms with Crippen molar-refractivity contribution in [3.8, 4) is 5.75 Å². The van der Waals surface area contributed by atoms with E-state index in [-0.39, 0.29) is 22.6 Å². The van der Waals surface area contributed by atoms with Crippen LogP contribution in [0.4, 0.5) is 0 Å². The molecule has 164 valence electrons. The van der Waals surface area contributed by atoms with Crippen LogP contribution < -0.4 is 4.52 Å². The largest absolute Gasteiger partial charge is 0.524 e. The Balaban J connectivity index is 1.61. The molecule has 2 bridgehead atoms. The van der Waals surface area contributed by atoms with E-state index >= 15 is 0 Å². The maximum Gasteiger partial charge on any atom is 0.524 e. The molecule has 2 fully saturated rings. The van der Waals surface area contributed by atoms with Crippen LogP contribution in [0.15, 0.2) is 29.3 Å². The van der Waals surface area contributed by atoms with Crippen molar-refractivity contribution in [1.29, 1.82) is 0 Å². The second kappa shape index (κ2) is 7.31. The van der Waals surface area contributed by atoms with Gasteiger partial charge in [-0.25, -0.2) is 9.45 Å². The molecule has 4 aliphatic rings. The number of benzene rings is 1. The Morgan fingerprint density at radius 3 is 2.67 bits per heavy atom. The lowest BCUT2D eigenvalue weighted by atomic mass is 9.53. The van der Waals surface area contributed by atoms with Crippen LogP contribution in [0, 0.1) is 11.8 Å². The summed E-state index contributed by atoms with van der Waals surface area (Å²) >= 11 is 6.13. The first-order valence-corrected chi connectivity index (χ1v) is 12.4. The summed E-state index contributed by atoms with van der Waals surface area (Å²) in [6.07, 6.45) is 8.87. The number of allylic oxidation sites excluding steroid dienone is 1. The average molecular weight is 457 g/mol. The van der Waals surface area contributed by atoms with E-state index in [1.54, 1.807) is 24.8 Å². The number of methoxy groups -OCH3 is 1. The highest BCUT2D eigenvalue weighted by atomic mass is 35.5. The number of ether oxygens (including phenoxy) is 1. The highest BCUT2D eigenvalue weighted by Gasteiger charge is 2.75. The van der Waals surface area contributed by atoms with Gasteiger partial charge in [-0.1, -0.05) is 35.2 Å². The molecule has 7 nitrogen and oxygen atoms in total. The Morgan fingerprint density at radius 2 is 1.97 bits per heavy atom. The Kier molecular flexibility index (Phi) is 5.10. The van der Waals surface area contributed by atoms with Gasteiger partial charge < -0.3 is 9.26 Å². The van der Waals surface area contributed by atoms with E-state index in [1.807, 2.05) is 0 Å². The fourth-order valence-electron chi connectivity index (χ4n) is 6.24. The zero-order valence-corrected chi connectivity index (χ0v) is 18.5. The third kappa shape index (κ3) is 2.95. The lowest BCUT2D eigenvalue weighted by molar-refractivity contribution is -0.639. The average Bonchev–Trinajstić information content (AvgIpc) is 2.69. The van der Waals surface area contributed by atoms with Crippen LogP contribution in [-0.4, -0.2) is 22.5 Å². The van der Waals surface area contributed by atoms with E-state index in [0.29, 0.717) is 5.56 Å². The summed E-state index contributed by atoms with van der Waals surface area (Å²) in [5.74, 6) is -0.835. The van der Waals surface area contributed by atoms with E-state index in [2.05, 4.69) is 0 Å². The van der Waals surface area contributed by atoms with Crippen molar-refractivity contribution >= 4 is 19.4 Å². The number of hydrogen-bond acceptors (Lipinski definition) is 5. The minimum Gasteiger partial charge on any atom is -0.403 e. The summed E-state index contributed by atoms with van der Waals surface area (Å²) in [7, 11) is -3.18. The molecule has 1 saturated carbocycles. The second-order valence-corrected chi connectivity index (χ2v) is 10.3. The van der Waals surface area contributed by atoms with Crippen molar-refractivity contribution in [2.45, 2.75) is 62.8 Å². The molecule has 4 atom stereocenters. The van der Waals surface area contributed by atoms with Gasteiger partial charge in [0, 0.05) is 24.5 Å². The van der Waals surface area contributed by atoms with E-state index in [4.69, 9.17) is 30.6 Å². The summed E-state index contributed by atoms with van der Waals surface area (Å²) < 4.78 is 22.2. The summed E-state index contributed by atoms with van der Waals surface area (Å²) in [6, 6.07) is 4.79. The minimum atomic E-state index is -4.77. The van der Waals surface area contributed by atoms with Crippen LogP contribution in [0.25, 0.3) is 0 Å². The fourth-order valence-corrected chi connectivity index (χ4v) is 6.86. The summed E-state index contributed by atoms with van der Waals surface area (Å²) in [5, 5.41) is 0.101. The van der Waals surface area contributed by atoms with Crippen molar-refractivity contribution in [2.75, 3.05) is 7.11 Å². The fraction of sp³-hybridized carbons (Fsp3) is 0.619. The SMILES string of the molecule is COC1(c2ccc(Cl)c(OP(=O)(O)O)c2)OOC12C1CCCC2C2=C(CCCC2)C1. The predicted molar refractivity (Wildman–Crippen MR) is 109 cm³/mol. The van der Waals surface area contributed by atoms with Crippen molar-refractivity contribution in [3.63, 3.8) is 0 Å². The molecule has 3 aliphatic carbocycles. The molecule has 2 N–H and O–H groups in total. The minimum absolute atomic E-state index is 0.101. The molecule has 0 aromatic heterocycles. The van der Waals surface area contributed by atoms with Gasteiger partial charge >= 0.3 is 7.82 Å². The number of halogens is 1. The number of rotatable bonds is 4. The molecular formula is C21H26ClO7P. The van der Waals surface area contributed by atoms with Gasteiger partial charge in [-0.3, -0.25) is 9.79 Å². The zero-order valence-electron chi connectivity index (χ0n) is 16.8. The van der Waals surface area contributed by atoms with E-state index in [9.17, 15) is 14.4 Å². The topological polar surface area (TPSA) is 94.5 Å². The van der Waals surface area contributed by atoms with Gasteiger partial charge in [0.15, 0.2) is 11.4 Å². The molecule has 0 amide bonds. The van der Waals surface area contributed by atoms with E-state index in [0.717, 1.165) is 32.1 Å². The van der Waals surface area contributed by atoms with Gasteiger partial charge in [0.1, 0.15) is 0 Å². The van der Waals surface area contributed by atoms with Crippen molar-refractivity contribution in [2.24, 2.45) is 11.8 Å². The van der Waals surface area contributed by atoms with Crippen molar-refractivity contribution in [3.05, 3.63) is 39.9 Å². The summed E-state index contributed by atoms with van der Waals surface area (Å²) in [6.45, 7) is 0. The Morgan fingerprint density at radius 1 is 1.17 bits per heavy atom. The van der Waals surface area contributed by atoms with Gasteiger partial charge in [-0.2, -0.15) is 4.89 Å². The van der Waals surface area contributed by atoms with Crippen molar-refractivity contribution < 1.29 is 33.4 Å². The third-order valence-corrected chi connectivity index (χ3v) is 8.09. The predicted octanol–water partition coefficient (Wildman–Crippen LogP) is 5.00. The molecule has 5 rings (SSSR count). The molecule has 1 heterocycles. The van der Waals surface area contributed by atoms with Crippen LogP contribution in [0.3, 0.4) is 0 Å². The normalized spacial score (nSPS) is 35.7. The molecule has 1 saturated heterocycles. The van der Waals surface area contributed by atoms with Crippen LogP contribution in [0.5, 0.6) is 5.75 Å². The van der Waals surface area contributed by atoms with Crippen LogP contribution in [0.2, 0.25) is 5.02 Å². The first-order chi connectivity index (χ1) is 14.3. The highest BCUT2D eigenvalue weighted by Crippen LogP contribution is 2.67. The molecule has 0 radical (unpaired) electrons. The van der Waals surface area contributed by atoms with Gasteiger partial charge in [-0.15, -0.1) is 0 Å². The first kappa shape index (κ1) is 21.0. The Bertz CT molecular complexity index is 939. The van der Waals surface area contributed by atoms with Gasteiger partial charge in [0.25, 0.3) is 5.79 Å². The molecule has 1 aromatic carbocycles. The van der Waals surface area contributed by atoms with Crippen LogP contribution in [-0.2, 0) is 24.9 Å². The highest BCUT2D eigenvalue weighted by molar-refractivity contribution is 7.46. The monoisotopic (exact) mass is 456 g/mol. The summed E-state index contributed by atoms with van der Waals surface area (Å²) in [5.41, 5.74) is 3.01. The summed E-state index contributed by atoms with van der Waals surface area (Å²) in [4.78, 5) is 30.3. The maximum atomic E-state index is 11.4. The molecule has 9 heteroatoms. The Labute approximate surface area is 180 Å². The number of phosphoric ester groups is 1. The lowest BCUT2D eigenvalue weighted by Gasteiger charge is -2.65. The first-order valence-electron chi connectivity index (χ1n) is 10.5. The van der Waals surface area contributed by atoms with Crippen LogP contribution >= 0.6 is 19.4 Å².